The molecule has 1 aliphatic carbocycles. The SMILES string of the molecule is CC(C)Oc1ccc(-c2noc(C3CCC(NCCCC(=O)O)C3)n2)cc1Cl. The summed E-state index contributed by atoms with van der Waals surface area (Å²) in [5.74, 6) is 1.26. The van der Waals surface area contributed by atoms with E-state index in [1.165, 1.54) is 0 Å². The lowest BCUT2D eigenvalue weighted by Crippen LogP contribution is -2.27. The van der Waals surface area contributed by atoms with Crippen LogP contribution in [0.2, 0.25) is 5.02 Å². The zero-order valence-electron chi connectivity index (χ0n) is 16.2. The molecule has 1 saturated carbocycles. The van der Waals surface area contributed by atoms with Crippen LogP contribution in [-0.2, 0) is 4.79 Å². The summed E-state index contributed by atoms with van der Waals surface area (Å²) < 4.78 is 11.2. The molecule has 0 aliphatic heterocycles. The van der Waals surface area contributed by atoms with Crippen molar-refractivity contribution < 1.29 is 19.2 Å². The lowest BCUT2D eigenvalue weighted by molar-refractivity contribution is -0.137. The molecule has 0 radical (unpaired) electrons. The third-order valence-corrected chi connectivity index (χ3v) is 5.07. The van der Waals surface area contributed by atoms with Crippen LogP contribution in [0.1, 0.15) is 57.8 Å². The summed E-state index contributed by atoms with van der Waals surface area (Å²) in [6.07, 6.45) is 3.78. The van der Waals surface area contributed by atoms with Crippen molar-refractivity contribution in [2.24, 2.45) is 0 Å². The third kappa shape index (κ3) is 5.45. The van der Waals surface area contributed by atoms with Crippen LogP contribution in [0.4, 0.5) is 0 Å². The molecule has 1 heterocycles. The van der Waals surface area contributed by atoms with Crippen LogP contribution < -0.4 is 10.1 Å². The first-order valence-corrected chi connectivity index (χ1v) is 10.1. The van der Waals surface area contributed by atoms with Gasteiger partial charge in [-0.05, 0) is 64.3 Å². The summed E-state index contributed by atoms with van der Waals surface area (Å²) in [7, 11) is 0. The van der Waals surface area contributed by atoms with E-state index in [0.29, 0.717) is 41.5 Å². The van der Waals surface area contributed by atoms with Gasteiger partial charge in [0.05, 0.1) is 11.1 Å². The lowest BCUT2D eigenvalue weighted by atomic mass is 10.1. The topological polar surface area (TPSA) is 97.5 Å². The summed E-state index contributed by atoms with van der Waals surface area (Å²) in [5, 5.41) is 16.7. The minimum atomic E-state index is -0.756. The average Bonchev–Trinajstić information content (AvgIpc) is 3.29. The second-order valence-corrected chi connectivity index (χ2v) is 7.83. The van der Waals surface area contributed by atoms with Gasteiger partial charge in [0.2, 0.25) is 11.7 Å². The largest absolute Gasteiger partial charge is 0.489 e. The zero-order valence-corrected chi connectivity index (χ0v) is 16.9. The van der Waals surface area contributed by atoms with Crippen LogP contribution in [0.15, 0.2) is 22.7 Å². The smallest absolute Gasteiger partial charge is 0.303 e. The summed E-state index contributed by atoms with van der Waals surface area (Å²) >= 11 is 6.30. The second-order valence-electron chi connectivity index (χ2n) is 7.43. The molecule has 0 spiro atoms. The maximum absolute atomic E-state index is 10.6. The average molecular weight is 408 g/mol. The fourth-order valence-electron chi connectivity index (χ4n) is 3.44. The zero-order chi connectivity index (χ0) is 20.1. The van der Waals surface area contributed by atoms with Crippen LogP contribution >= 0.6 is 11.6 Å². The van der Waals surface area contributed by atoms with Crippen molar-refractivity contribution in [3.63, 3.8) is 0 Å². The first-order valence-electron chi connectivity index (χ1n) is 9.67. The number of halogens is 1. The Labute approximate surface area is 169 Å². The van der Waals surface area contributed by atoms with Crippen molar-refractivity contribution in [3.8, 4) is 17.1 Å². The molecule has 2 atom stereocenters. The maximum Gasteiger partial charge on any atom is 0.303 e. The van der Waals surface area contributed by atoms with Gasteiger partial charge < -0.3 is 19.7 Å². The highest BCUT2D eigenvalue weighted by molar-refractivity contribution is 6.32. The number of carboxylic acids is 1. The minimum absolute atomic E-state index is 0.0492. The Morgan fingerprint density at radius 2 is 2.25 bits per heavy atom. The van der Waals surface area contributed by atoms with E-state index in [9.17, 15) is 4.79 Å². The van der Waals surface area contributed by atoms with E-state index in [1.807, 2.05) is 26.0 Å². The molecule has 152 valence electrons. The van der Waals surface area contributed by atoms with Crippen LogP contribution in [-0.4, -0.2) is 39.9 Å². The molecule has 1 aromatic carbocycles. The molecular weight excluding hydrogens is 382 g/mol. The normalized spacial score (nSPS) is 19.3. The second kappa shape index (κ2) is 9.39. The predicted octanol–water partition coefficient (Wildman–Crippen LogP) is 4.27. The van der Waals surface area contributed by atoms with E-state index < -0.39 is 5.97 Å². The molecule has 2 aromatic rings. The molecule has 0 bridgehead atoms. The molecule has 2 N–H and O–H groups in total. The number of hydrogen-bond donors (Lipinski definition) is 2. The van der Waals surface area contributed by atoms with Crippen molar-refractivity contribution in [2.75, 3.05) is 6.54 Å². The van der Waals surface area contributed by atoms with Crippen LogP contribution in [0, 0.1) is 0 Å². The molecule has 1 aromatic heterocycles. The van der Waals surface area contributed by atoms with Crippen molar-refractivity contribution in [3.05, 3.63) is 29.1 Å². The molecule has 28 heavy (non-hydrogen) atoms. The van der Waals surface area contributed by atoms with Crippen LogP contribution in [0.3, 0.4) is 0 Å². The Balaban J connectivity index is 1.57. The Bertz CT molecular complexity index is 808. The minimum Gasteiger partial charge on any atom is -0.489 e. The fourth-order valence-corrected chi connectivity index (χ4v) is 3.67. The van der Waals surface area contributed by atoms with Crippen molar-refractivity contribution in [1.82, 2.24) is 15.5 Å². The lowest BCUT2D eigenvalue weighted by Gasteiger charge is -2.11. The quantitative estimate of drug-likeness (QED) is 0.599. The Morgan fingerprint density at radius 1 is 1.43 bits per heavy atom. The monoisotopic (exact) mass is 407 g/mol. The number of carboxylic acid groups (broad SMARTS) is 1. The van der Waals surface area contributed by atoms with Crippen LogP contribution in [0.25, 0.3) is 11.4 Å². The Hall–Kier alpha value is -2.12. The Kier molecular flexibility index (Phi) is 6.91. The van der Waals surface area contributed by atoms with E-state index in [0.717, 1.165) is 24.8 Å². The predicted molar refractivity (Wildman–Crippen MR) is 106 cm³/mol. The van der Waals surface area contributed by atoms with E-state index in [4.69, 9.17) is 26.0 Å². The number of hydrogen-bond acceptors (Lipinski definition) is 6. The van der Waals surface area contributed by atoms with Gasteiger partial charge >= 0.3 is 5.97 Å². The van der Waals surface area contributed by atoms with Crippen molar-refractivity contribution in [1.29, 1.82) is 0 Å². The Morgan fingerprint density at radius 3 is 2.96 bits per heavy atom. The van der Waals surface area contributed by atoms with E-state index in [2.05, 4.69) is 15.5 Å². The highest BCUT2D eigenvalue weighted by Gasteiger charge is 2.29. The number of aliphatic carboxylic acids is 1. The number of rotatable bonds is 9. The van der Waals surface area contributed by atoms with Gasteiger partial charge in [-0.15, -0.1) is 0 Å². The number of nitrogens with one attached hydrogen (secondary N) is 1. The van der Waals surface area contributed by atoms with Gasteiger partial charge in [-0.25, -0.2) is 0 Å². The van der Waals surface area contributed by atoms with Gasteiger partial charge in [-0.3, -0.25) is 4.79 Å². The van der Waals surface area contributed by atoms with E-state index in [-0.39, 0.29) is 18.4 Å². The van der Waals surface area contributed by atoms with Gasteiger partial charge in [0, 0.05) is 23.9 Å². The van der Waals surface area contributed by atoms with Gasteiger partial charge in [0.15, 0.2) is 0 Å². The first kappa shape index (κ1) is 20.6. The first-order chi connectivity index (χ1) is 13.4. The molecule has 0 saturated heterocycles. The molecule has 3 rings (SSSR count). The molecule has 0 amide bonds. The summed E-state index contributed by atoms with van der Waals surface area (Å²) in [6.45, 7) is 4.61. The highest BCUT2D eigenvalue weighted by atomic mass is 35.5. The summed E-state index contributed by atoms with van der Waals surface area (Å²) in [6, 6.07) is 5.84. The van der Waals surface area contributed by atoms with Crippen molar-refractivity contribution >= 4 is 17.6 Å². The maximum atomic E-state index is 10.6. The molecule has 1 fully saturated rings. The van der Waals surface area contributed by atoms with Gasteiger partial charge in [-0.2, -0.15) is 4.98 Å². The van der Waals surface area contributed by atoms with Gasteiger partial charge in [-0.1, -0.05) is 16.8 Å². The van der Waals surface area contributed by atoms with Gasteiger partial charge in [0.1, 0.15) is 5.75 Å². The van der Waals surface area contributed by atoms with Crippen molar-refractivity contribution in [2.45, 2.75) is 64.0 Å². The number of ether oxygens (including phenoxy) is 1. The molecule has 7 nitrogen and oxygen atoms in total. The highest BCUT2D eigenvalue weighted by Crippen LogP contribution is 2.35. The third-order valence-electron chi connectivity index (χ3n) is 4.78. The number of nitrogens with zero attached hydrogens (tertiary/aromatic N) is 2. The summed E-state index contributed by atoms with van der Waals surface area (Å²) in [4.78, 5) is 15.1. The van der Waals surface area contributed by atoms with Gasteiger partial charge in [0.25, 0.3) is 0 Å². The number of benzene rings is 1. The van der Waals surface area contributed by atoms with E-state index >= 15 is 0 Å². The molecule has 2 unspecified atom stereocenters. The number of aromatic nitrogens is 2. The van der Waals surface area contributed by atoms with Crippen LogP contribution in [0.5, 0.6) is 5.75 Å². The fraction of sp³-hybridized carbons (Fsp3) is 0.550. The molecule has 1 aliphatic rings. The summed E-state index contributed by atoms with van der Waals surface area (Å²) in [5.41, 5.74) is 0.789. The number of carbonyl (C=O) groups is 1. The molecule has 8 heteroatoms. The van der Waals surface area contributed by atoms with E-state index in [1.54, 1.807) is 6.07 Å². The molecular formula is C20H26ClN3O4. The standard InChI is InChI=1S/C20H26ClN3O4/c1-12(2)27-17-8-6-13(11-16(17)21)19-23-20(28-24-19)14-5-7-15(10-14)22-9-3-4-18(25)26/h6,8,11-12,14-15,22H,3-5,7,9-10H2,1-2H3,(H,25,26).